The van der Waals surface area contributed by atoms with Gasteiger partial charge in [-0.1, -0.05) is 19.9 Å². The van der Waals surface area contributed by atoms with E-state index in [9.17, 15) is 14.7 Å². The van der Waals surface area contributed by atoms with Gasteiger partial charge < -0.3 is 52.7 Å². The van der Waals surface area contributed by atoms with E-state index in [2.05, 4.69) is 82.0 Å². The van der Waals surface area contributed by atoms with Crippen LogP contribution in [-0.2, 0) is 51.0 Å². The smallest absolute Gasteiger partial charge is 0.408 e. The van der Waals surface area contributed by atoms with E-state index in [0.717, 1.165) is 83.7 Å². The van der Waals surface area contributed by atoms with E-state index in [1.807, 2.05) is 13.1 Å². The maximum Gasteiger partial charge on any atom is 0.408 e. The highest BCUT2D eigenvalue weighted by molar-refractivity contribution is 5.95. The summed E-state index contributed by atoms with van der Waals surface area (Å²) >= 11 is 0. The first-order chi connectivity index (χ1) is 38.1. The number of aliphatic hydroxyl groups excluding tert-OH is 1. The number of likely N-dealkylation sites (tertiary alicyclic amines) is 1. The van der Waals surface area contributed by atoms with E-state index >= 15 is 4.79 Å². The molecule has 80 heavy (non-hydrogen) atoms. The molecule has 8 fully saturated rings. The topological polar surface area (TPSA) is 208 Å². The van der Waals surface area contributed by atoms with Crippen molar-refractivity contribution in [3.8, 4) is 22.5 Å². The van der Waals surface area contributed by atoms with Crippen LogP contribution in [-0.4, -0.2) is 180 Å². The zero-order valence-electron chi connectivity index (χ0n) is 48.7. The Morgan fingerprint density at radius 3 is 2.39 bits per heavy atom. The van der Waals surface area contributed by atoms with Crippen LogP contribution in [0.1, 0.15) is 123 Å². The Balaban J connectivity index is 1.01. The Bertz CT molecular complexity index is 2920. The molecule has 6 saturated heterocycles. The number of rotatable bonds is 19. The maximum absolute atomic E-state index is 15.2. The zero-order chi connectivity index (χ0) is 56.5. The van der Waals surface area contributed by atoms with Crippen LogP contribution < -0.4 is 15.6 Å². The molecular formula is C60H85N9O11. The van der Waals surface area contributed by atoms with Gasteiger partial charge in [-0.25, -0.2) is 20.0 Å². The number of anilines is 1. The average molecular weight is 1110 g/mol. The fourth-order valence-electron chi connectivity index (χ4n) is 13.3. The molecule has 3 aromatic heterocycles. The molecule has 2 bridgehead atoms. The highest BCUT2D eigenvalue weighted by Gasteiger charge is 2.59. The summed E-state index contributed by atoms with van der Waals surface area (Å²) in [6.07, 6.45) is 8.36. The summed E-state index contributed by atoms with van der Waals surface area (Å²) in [6, 6.07) is 7.24. The second kappa shape index (κ2) is 21.9. The second-order valence-electron chi connectivity index (χ2n) is 26.5. The SMILES string of the molecule is COC(=O)C12CC(CN(C(=O)[C@@H](NC(=O)OC(C)(C)C)[C@@H](c3nc(-c4ccc5c(c4)c(CC(C)(C)CO)c(-c4cc(N6CCN(C7CC7)CC6)cnc4[C@H](C)OC)n5CCO[C@H]4CCOC(C)(C)C4)co3)N3CC4(COC4)C3)N1)C2. The summed E-state index contributed by atoms with van der Waals surface area (Å²) in [5, 5.41) is 16.4. The van der Waals surface area contributed by atoms with E-state index in [0.29, 0.717) is 83.6 Å². The molecule has 12 rings (SSSR count). The molecule has 20 heteroatoms. The third kappa shape index (κ3) is 11.5. The summed E-state index contributed by atoms with van der Waals surface area (Å²) in [5.74, 6) is -0.585. The van der Waals surface area contributed by atoms with Crippen molar-refractivity contribution in [2.75, 3.05) is 98.0 Å². The van der Waals surface area contributed by atoms with Gasteiger partial charge in [-0.2, -0.15) is 0 Å². The van der Waals surface area contributed by atoms with Crippen molar-refractivity contribution < 1.29 is 52.3 Å². The lowest BCUT2D eigenvalue weighted by molar-refractivity contribution is -0.205. The number of ether oxygens (including phenoxy) is 6. The van der Waals surface area contributed by atoms with Crippen molar-refractivity contribution in [3.05, 3.63) is 53.9 Å². The molecule has 1 aromatic carbocycles. The lowest BCUT2D eigenvalue weighted by Crippen LogP contribution is -2.76. The van der Waals surface area contributed by atoms with Gasteiger partial charge in [0.2, 0.25) is 5.89 Å². The number of nitrogens with zero attached hydrogens (tertiary/aromatic N) is 7. The average Bonchev–Trinajstić information content (AvgIpc) is 4.08. The van der Waals surface area contributed by atoms with Crippen LogP contribution >= 0.6 is 0 Å². The molecular weight excluding hydrogens is 1020 g/mol. The third-order valence-electron chi connectivity index (χ3n) is 17.7. The Morgan fingerprint density at radius 2 is 1.74 bits per heavy atom. The maximum atomic E-state index is 15.2. The van der Waals surface area contributed by atoms with Crippen LogP contribution in [0.3, 0.4) is 0 Å². The number of hydrazine groups is 1. The summed E-state index contributed by atoms with van der Waals surface area (Å²) in [6.45, 7) is 23.9. The number of oxazole rings is 1. The minimum absolute atomic E-state index is 0.0429. The Kier molecular flexibility index (Phi) is 15.5. The van der Waals surface area contributed by atoms with Crippen molar-refractivity contribution in [1.29, 1.82) is 0 Å². The molecule has 8 aliphatic rings. The first kappa shape index (κ1) is 56.7. The second-order valence-corrected chi connectivity index (χ2v) is 26.5. The van der Waals surface area contributed by atoms with E-state index < -0.39 is 46.6 Å². The predicted molar refractivity (Wildman–Crippen MR) is 300 cm³/mol. The monoisotopic (exact) mass is 1110 g/mol. The van der Waals surface area contributed by atoms with Crippen LogP contribution in [0.4, 0.5) is 10.5 Å². The van der Waals surface area contributed by atoms with E-state index in [1.165, 1.54) is 25.0 Å². The van der Waals surface area contributed by atoms with Gasteiger partial charge >= 0.3 is 12.1 Å². The zero-order valence-corrected chi connectivity index (χ0v) is 48.7. The Labute approximate surface area is 470 Å². The van der Waals surface area contributed by atoms with Crippen LogP contribution in [0.5, 0.6) is 0 Å². The number of piperazine rings is 1. The number of amides is 2. The number of benzene rings is 1. The first-order valence-electron chi connectivity index (χ1n) is 29.1. The van der Waals surface area contributed by atoms with E-state index in [4.69, 9.17) is 42.8 Å². The summed E-state index contributed by atoms with van der Waals surface area (Å²) in [7, 11) is 3.07. The quantitative estimate of drug-likeness (QED) is 0.0824. The van der Waals surface area contributed by atoms with Crippen molar-refractivity contribution in [2.45, 2.75) is 154 Å². The fourth-order valence-corrected chi connectivity index (χ4v) is 13.3. The number of alkyl carbamates (subject to hydrolysis) is 1. The molecule has 2 aliphatic carbocycles. The van der Waals surface area contributed by atoms with Gasteiger partial charge in [0.15, 0.2) is 0 Å². The molecule has 3 N–H and O–H groups in total. The van der Waals surface area contributed by atoms with Crippen LogP contribution in [0.25, 0.3) is 33.4 Å². The van der Waals surface area contributed by atoms with Crippen LogP contribution in [0.2, 0.25) is 0 Å². The Morgan fingerprint density at radius 1 is 0.988 bits per heavy atom. The van der Waals surface area contributed by atoms with Gasteiger partial charge in [0.1, 0.15) is 35.2 Å². The number of pyridine rings is 1. The lowest BCUT2D eigenvalue weighted by Gasteiger charge is -2.58. The normalized spacial score (nSPS) is 25.1. The molecule has 4 aromatic rings. The predicted octanol–water partition coefficient (Wildman–Crippen LogP) is 6.82. The van der Waals surface area contributed by atoms with Crippen LogP contribution in [0.15, 0.2) is 41.1 Å². The van der Waals surface area contributed by atoms with E-state index in [-0.39, 0.29) is 41.6 Å². The standard InChI is InChI=1S/C60H85N9O11/c1-37(74-9)48-44(24-41(29-61-48)66-18-16-65(17-19-66)40-12-13-40)50-45(28-57(5,6)34-70)43-23-39(11-14-47(43)68(50)20-22-77-42-15-21-79-58(7,8)27-42)46-31-78-52(62-46)51(67-32-59(33-67)35-76-36-59)49(63-55(73)80-56(2,3)4)53(71)69-30-38-25-60(26-38,64-69)54(72)75-10/h11,14,23-24,29,31,37-38,40,42,49,51,64,70H,12-13,15-22,25-28,30,32-36H2,1-10H3,(H,63,73)/t37-,38?,42-,49-,51-,60?/m0/s1. The van der Waals surface area contributed by atoms with Gasteiger partial charge in [0.05, 0.1) is 68.0 Å². The molecule has 2 saturated carbocycles. The van der Waals surface area contributed by atoms with Gasteiger partial charge in [0, 0.05) is 113 Å². The minimum atomic E-state index is -1.25. The highest BCUT2D eigenvalue weighted by Crippen LogP contribution is 2.47. The number of methoxy groups -OCH3 is 2. The molecule has 1 spiro atoms. The van der Waals surface area contributed by atoms with Crippen molar-refractivity contribution in [3.63, 3.8) is 0 Å². The molecule has 9 heterocycles. The number of nitrogens with one attached hydrogen (secondary N) is 2. The number of aliphatic hydroxyl groups is 1. The van der Waals surface area contributed by atoms with Gasteiger partial charge in [0.25, 0.3) is 5.91 Å². The third-order valence-corrected chi connectivity index (χ3v) is 17.7. The number of hydrogen-bond donors (Lipinski definition) is 3. The number of aromatic nitrogens is 3. The molecule has 6 aliphatic heterocycles. The van der Waals surface area contributed by atoms with Crippen molar-refractivity contribution in [1.82, 2.24) is 40.1 Å². The number of fused-ring (bicyclic) bond motifs is 3. The molecule has 20 nitrogen and oxygen atoms in total. The van der Waals surface area contributed by atoms with Crippen LogP contribution in [0, 0.1) is 16.7 Å². The lowest BCUT2D eigenvalue weighted by atomic mass is 9.66. The number of hydrogen-bond acceptors (Lipinski definition) is 17. The largest absolute Gasteiger partial charge is 0.468 e. The highest BCUT2D eigenvalue weighted by atomic mass is 16.6. The molecule has 0 radical (unpaired) electrons. The van der Waals surface area contributed by atoms with Gasteiger partial charge in [-0.15, -0.1) is 0 Å². The number of carbonyl (C=O) groups is 3. The summed E-state index contributed by atoms with van der Waals surface area (Å²) in [4.78, 5) is 59.9. The fraction of sp³-hybridized carbons (Fsp3) is 0.683. The molecule has 436 valence electrons. The summed E-state index contributed by atoms with van der Waals surface area (Å²) < 4.78 is 44.5. The Hall–Kier alpha value is -5.19. The number of carbonyl (C=O) groups excluding carboxylic acids is 3. The first-order valence-corrected chi connectivity index (χ1v) is 29.1. The van der Waals surface area contributed by atoms with Crippen molar-refractivity contribution in [2.24, 2.45) is 16.7 Å². The minimum Gasteiger partial charge on any atom is -0.468 e. The molecule has 4 atom stereocenters. The van der Waals surface area contributed by atoms with Gasteiger partial charge in [-0.3, -0.25) is 24.6 Å². The molecule has 2 amide bonds. The summed E-state index contributed by atoms with van der Waals surface area (Å²) in [5.41, 5.74) is 7.63. The number of esters is 1. The van der Waals surface area contributed by atoms with E-state index in [1.54, 1.807) is 34.1 Å². The van der Waals surface area contributed by atoms with Crippen molar-refractivity contribution >= 4 is 34.6 Å². The molecule has 0 unspecified atom stereocenters. The van der Waals surface area contributed by atoms with Gasteiger partial charge in [-0.05, 0) is 115 Å².